The molecule has 0 spiro atoms. The van der Waals surface area contributed by atoms with Gasteiger partial charge in [0.05, 0.1) is 6.61 Å². The Bertz CT molecular complexity index is 298. The molecule has 82 valence electrons. The van der Waals surface area contributed by atoms with Crippen LogP contribution in [-0.2, 0) is 11.4 Å². The molecule has 1 aromatic rings. The summed E-state index contributed by atoms with van der Waals surface area (Å²) in [5.41, 5.74) is 0.965. The van der Waals surface area contributed by atoms with Gasteiger partial charge in [-0.2, -0.15) is 0 Å². The quantitative estimate of drug-likeness (QED) is 0.756. The highest BCUT2D eigenvalue weighted by Crippen LogP contribution is 2.04. The van der Waals surface area contributed by atoms with Gasteiger partial charge in [0.1, 0.15) is 0 Å². The molecule has 1 fully saturated rings. The molecule has 3 nitrogen and oxygen atoms in total. The van der Waals surface area contributed by atoms with E-state index in [2.05, 4.69) is 0 Å². The van der Waals surface area contributed by atoms with Crippen LogP contribution in [0.15, 0.2) is 30.3 Å². The van der Waals surface area contributed by atoms with E-state index in [1.165, 1.54) is 0 Å². The van der Waals surface area contributed by atoms with Crippen molar-refractivity contribution < 1.29 is 9.90 Å². The molecular weight excluding hydrogens is 190 g/mol. The van der Waals surface area contributed by atoms with E-state index in [1.54, 1.807) is 4.90 Å². The first-order chi connectivity index (χ1) is 7.24. The summed E-state index contributed by atoms with van der Waals surface area (Å²) in [6.07, 6.45) is 1.81. The molecule has 0 aliphatic carbocycles. The number of amides is 1. The lowest BCUT2D eigenvalue weighted by molar-refractivity contribution is -0.126. The number of hydrogen-bond donors (Lipinski definition) is 1. The summed E-state index contributed by atoms with van der Waals surface area (Å²) < 4.78 is 0. The number of hydrogen-bond acceptors (Lipinski definition) is 2. The van der Waals surface area contributed by atoms with Crippen molar-refractivity contribution in [3.05, 3.63) is 35.9 Å². The molecule has 0 atom stereocenters. The zero-order valence-corrected chi connectivity index (χ0v) is 9.02. The van der Waals surface area contributed by atoms with Gasteiger partial charge in [-0.05, 0) is 12.0 Å². The summed E-state index contributed by atoms with van der Waals surface area (Å²) in [6, 6.07) is 9.52. The van der Waals surface area contributed by atoms with E-state index >= 15 is 0 Å². The van der Waals surface area contributed by atoms with Crippen LogP contribution < -0.4 is 0 Å². The first kappa shape index (κ1) is 11.7. The van der Waals surface area contributed by atoms with E-state index < -0.39 is 0 Å². The number of carbonyl (C=O) groups is 1. The van der Waals surface area contributed by atoms with E-state index in [-0.39, 0.29) is 6.61 Å². The minimum Gasteiger partial charge on any atom is -0.392 e. The highest BCUT2D eigenvalue weighted by atomic mass is 16.3. The van der Waals surface area contributed by atoms with Gasteiger partial charge in [0.2, 0.25) is 5.91 Å². The molecule has 1 saturated heterocycles. The minimum atomic E-state index is 0.140. The number of carbonyl (C=O) groups excluding carboxylic acids is 1. The Balaban J connectivity index is 0.000000151. The molecule has 2 rings (SSSR count). The van der Waals surface area contributed by atoms with Gasteiger partial charge in [-0.1, -0.05) is 30.3 Å². The second kappa shape index (κ2) is 6.19. The maximum Gasteiger partial charge on any atom is 0.222 e. The Kier molecular flexibility index (Phi) is 4.84. The standard InChI is InChI=1S/C7H8O.C5H9NO/c8-6-7-4-2-1-3-5-7;1-6-4-2-3-5(6)7/h1-5,8H,6H2;2-4H2,1H3. The number of benzene rings is 1. The van der Waals surface area contributed by atoms with E-state index in [1.807, 2.05) is 37.4 Å². The highest BCUT2D eigenvalue weighted by Gasteiger charge is 2.14. The molecule has 0 saturated carbocycles. The van der Waals surface area contributed by atoms with Crippen molar-refractivity contribution in [2.24, 2.45) is 0 Å². The normalized spacial score (nSPS) is 14.8. The number of likely N-dealkylation sites (tertiary alicyclic amines) is 1. The van der Waals surface area contributed by atoms with Crippen LogP contribution in [0.4, 0.5) is 0 Å². The molecule has 1 aliphatic heterocycles. The maximum atomic E-state index is 10.5. The fraction of sp³-hybridized carbons (Fsp3) is 0.417. The van der Waals surface area contributed by atoms with Gasteiger partial charge in [-0.15, -0.1) is 0 Å². The monoisotopic (exact) mass is 207 g/mol. The van der Waals surface area contributed by atoms with Crippen LogP contribution in [0, 0.1) is 0 Å². The fourth-order valence-electron chi connectivity index (χ4n) is 1.37. The predicted octanol–water partition coefficient (Wildman–Crippen LogP) is 1.42. The van der Waals surface area contributed by atoms with Gasteiger partial charge >= 0.3 is 0 Å². The summed E-state index contributed by atoms with van der Waals surface area (Å²) in [6.45, 7) is 1.10. The molecular formula is C12H17NO2. The molecule has 1 heterocycles. The molecule has 1 amide bonds. The smallest absolute Gasteiger partial charge is 0.222 e. The average molecular weight is 207 g/mol. The van der Waals surface area contributed by atoms with Crippen molar-refractivity contribution in [3.63, 3.8) is 0 Å². The molecule has 0 aromatic heterocycles. The average Bonchev–Trinajstić information content (AvgIpc) is 2.65. The molecule has 1 aliphatic rings. The topological polar surface area (TPSA) is 40.5 Å². The summed E-state index contributed by atoms with van der Waals surface area (Å²) in [4.78, 5) is 12.3. The summed E-state index contributed by atoms with van der Waals surface area (Å²) >= 11 is 0. The summed E-state index contributed by atoms with van der Waals surface area (Å²) in [7, 11) is 1.84. The third-order valence-corrected chi connectivity index (χ3v) is 2.34. The summed E-state index contributed by atoms with van der Waals surface area (Å²) in [5.74, 6) is 0.292. The highest BCUT2D eigenvalue weighted by molar-refractivity contribution is 5.77. The summed E-state index contributed by atoms with van der Waals surface area (Å²) in [5, 5.41) is 8.54. The molecule has 3 heteroatoms. The van der Waals surface area contributed by atoms with E-state index in [0.717, 1.165) is 24.9 Å². The zero-order valence-electron chi connectivity index (χ0n) is 9.02. The zero-order chi connectivity index (χ0) is 11.1. The van der Waals surface area contributed by atoms with Crippen LogP contribution >= 0.6 is 0 Å². The Labute approximate surface area is 90.3 Å². The van der Waals surface area contributed by atoms with Gasteiger partial charge in [-0.25, -0.2) is 0 Å². The van der Waals surface area contributed by atoms with Crippen LogP contribution in [0.1, 0.15) is 18.4 Å². The van der Waals surface area contributed by atoms with Crippen molar-refractivity contribution in [3.8, 4) is 0 Å². The van der Waals surface area contributed by atoms with Crippen molar-refractivity contribution >= 4 is 5.91 Å². The maximum absolute atomic E-state index is 10.5. The number of aliphatic hydroxyl groups is 1. The van der Waals surface area contributed by atoms with Crippen LogP contribution in [0.2, 0.25) is 0 Å². The minimum absolute atomic E-state index is 0.140. The molecule has 0 radical (unpaired) electrons. The lowest BCUT2D eigenvalue weighted by Crippen LogP contribution is -2.17. The Morgan fingerprint density at radius 3 is 2.27 bits per heavy atom. The van der Waals surface area contributed by atoms with Gasteiger partial charge in [0, 0.05) is 20.0 Å². The van der Waals surface area contributed by atoms with Crippen molar-refractivity contribution in [1.82, 2.24) is 4.90 Å². The molecule has 1 aromatic carbocycles. The Hall–Kier alpha value is -1.35. The molecule has 0 unspecified atom stereocenters. The van der Waals surface area contributed by atoms with Gasteiger partial charge in [0.25, 0.3) is 0 Å². The van der Waals surface area contributed by atoms with Crippen molar-refractivity contribution in [1.29, 1.82) is 0 Å². The first-order valence-corrected chi connectivity index (χ1v) is 5.13. The van der Waals surface area contributed by atoms with E-state index in [0.29, 0.717) is 5.91 Å². The van der Waals surface area contributed by atoms with Crippen LogP contribution in [0.5, 0.6) is 0 Å². The number of aliphatic hydroxyl groups excluding tert-OH is 1. The van der Waals surface area contributed by atoms with Crippen LogP contribution in [-0.4, -0.2) is 29.5 Å². The third kappa shape index (κ3) is 4.13. The molecule has 1 N–H and O–H groups in total. The second-order valence-corrected chi connectivity index (χ2v) is 3.56. The van der Waals surface area contributed by atoms with Crippen molar-refractivity contribution in [2.75, 3.05) is 13.6 Å². The first-order valence-electron chi connectivity index (χ1n) is 5.13. The molecule has 15 heavy (non-hydrogen) atoms. The van der Waals surface area contributed by atoms with E-state index in [9.17, 15) is 4.79 Å². The lowest BCUT2D eigenvalue weighted by atomic mass is 10.2. The van der Waals surface area contributed by atoms with Crippen LogP contribution in [0.25, 0.3) is 0 Å². The Morgan fingerprint density at radius 2 is 2.00 bits per heavy atom. The van der Waals surface area contributed by atoms with Gasteiger partial charge in [0.15, 0.2) is 0 Å². The number of rotatable bonds is 1. The van der Waals surface area contributed by atoms with E-state index in [4.69, 9.17) is 5.11 Å². The Morgan fingerprint density at radius 1 is 1.33 bits per heavy atom. The largest absolute Gasteiger partial charge is 0.392 e. The third-order valence-electron chi connectivity index (χ3n) is 2.34. The number of nitrogens with zero attached hydrogens (tertiary/aromatic N) is 1. The van der Waals surface area contributed by atoms with Gasteiger partial charge in [-0.3, -0.25) is 4.79 Å². The lowest BCUT2D eigenvalue weighted by Gasteiger charge is -2.03. The second-order valence-electron chi connectivity index (χ2n) is 3.56. The fourth-order valence-corrected chi connectivity index (χ4v) is 1.37. The van der Waals surface area contributed by atoms with Gasteiger partial charge < -0.3 is 10.0 Å². The van der Waals surface area contributed by atoms with Crippen molar-refractivity contribution in [2.45, 2.75) is 19.4 Å². The molecule has 0 bridgehead atoms. The van der Waals surface area contributed by atoms with Crippen LogP contribution in [0.3, 0.4) is 0 Å². The SMILES string of the molecule is CN1CCCC1=O.OCc1ccccc1. The predicted molar refractivity (Wildman–Crippen MR) is 59.2 cm³/mol.